The minimum Gasteiger partial charge on any atom is -0.490 e. The van der Waals surface area contributed by atoms with Gasteiger partial charge in [-0.15, -0.1) is 0 Å². The van der Waals surface area contributed by atoms with Crippen LogP contribution in [0.1, 0.15) is 45.1 Å². The van der Waals surface area contributed by atoms with Crippen LogP contribution in [0.4, 0.5) is 0 Å². The summed E-state index contributed by atoms with van der Waals surface area (Å²) in [5, 5.41) is 4.17. The molecular formula is C17H26ClNO2. The van der Waals surface area contributed by atoms with Crippen molar-refractivity contribution in [1.82, 2.24) is 5.32 Å². The topological polar surface area (TPSA) is 30.5 Å². The van der Waals surface area contributed by atoms with E-state index in [0.29, 0.717) is 12.1 Å². The lowest BCUT2D eigenvalue weighted by Gasteiger charge is -2.29. The van der Waals surface area contributed by atoms with E-state index in [4.69, 9.17) is 21.1 Å². The normalized spacial score (nSPS) is 22.5. The summed E-state index contributed by atoms with van der Waals surface area (Å²) < 4.78 is 11.7. The number of halogens is 1. The summed E-state index contributed by atoms with van der Waals surface area (Å²) in [5.74, 6) is 0.939. The van der Waals surface area contributed by atoms with Crippen LogP contribution in [0, 0.1) is 0 Å². The van der Waals surface area contributed by atoms with E-state index in [1.54, 1.807) is 7.11 Å². The lowest BCUT2D eigenvalue weighted by Crippen LogP contribution is -2.30. The number of rotatable bonds is 6. The van der Waals surface area contributed by atoms with Crippen LogP contribution < -0.4 is 10.1 Å². The third-order valence-electron chi connectivity index (χ3n) is 3.93. The molecule has 1 aliphatic carbocycles. The molecule has 2 unspecified atom stereocenters. The molecule has 0 radical (unpaired) electrons. The van der Waals surface area contributed by atoms with E-state index in [1.165, 1.54) is 0 Å². The maximum Gasteiger partial charge on any atom is 0.124 e. The zero-order valence-corrected chi connectivity index (χ0v) is 14.0. The monoisotopic (exact) mass is 311 g/mol. The van der Waals surface area contributed by atoms with Crippen LogP contribution in [0.3, 0.4) is 0 Å². The molecule has 0 heterocycles. The van der Waals surface area contributed by atoms with E-state index >= 15 is 0 Å². The molecule has 21 heavy (non-hydrogen) atoms. The highest BCUT2D eigenvalue weighted by Gasteiger charge is 2.23. The van der Waals surface area contributed by atoms with Crippen molar-refractivity contribution >= 4 is 11.6 Å². The molecule has 0 bridgehead atoms. The van der Waals surface area contributed by atoms with Gasteiger partial charge in [-0.3, -0.25) is 0 Å². The molecule has 1 saturated carbocycles. The molecule has 1 aromatic rings. The maximum atomic E-state index is 6.23. The summed E-state index contributed by atoms with van der Waals surface area (Å²) in [6.07, 6.45) is 4.93. The summed E-state index contributed by atoms with van der Waals surface area (Å²) in [4.78, 5) is 0. The van der Waals surface area contributed by atoms with Crippen LogP contribution in [0.5, 0.6) is 5.75 Å². The van der Waals surface area contributed by atoms with E-state index in [1.807, 2.05) is 18.2 Å². The summed E-state index contributed by atoms with van der Waals surface area (Å²) in [7, 11) is 1.79. The minimum atomic E-state index is 0.239. The fourth-order valence-electron chi connectivity index (χ4n) is 2.72. The number of ether oxygens (including phenoxy) is 2. The first-order valence-electron chi connectivity index (χ1n) is 7.79. The van der Waals surface area contributed by atoms with Gasteiger partial charge in [0, 0.05) is 36.7 Å². The molecular weight excluding hydrogens is 286 g/mol. The molecule has 118 valence electrons. The van der Waals surface area contributed by atoms with Gasteiger partial charge in [0.1, 0.15) is 11.9 Å². The molecule has 0 aliphatic heterocycles. The quantitative estimate of drug-likeness (QED) is 0.855. The Hall–Kier alpha value is -0.770. The van der Waals surface area contributed by atoms with Gasteiger partial charge < -0.3 is 14.8 Å². The van der Waals surface area contributed by atoms with Crippen molar-refractivity contribution in [1.29, 1.82) is 0 Å². The fourth-order valence-corrected chi connectivity index (χ4v) is 2.91. The number of methoxy groups -OCH3 is 1. The molecule has 0 saturated heterocycles. The molecule has 4 heteroatoms. The largest absolute Gasteiger partial charge is 0.490 e. The summed E-state index contributed by atoms with van der Waals surface area (Å²) >= 11 is 6.12. The second kappa shape index (κ2) is 8.02. The maximum absolute atomic E-state index is 6.23. The zero-order chi connectivity index (χ0) is 15.2. The highest BCUT2D eigenvalue weighted by molar-refractivity contribution is 6.30. The third kappa shape index (κ3) is 5.17. The van der Waals surface area contributed by atoms with E-state index < -0.39 is 0 Å². The van der Waals surface area contributed by atoms with Crippen molar-refractivity contribution in [3.05, 3.63) is 28.8 Å². The van der Waals surface area contributed by atoms with Gasteiger partial charge in [-0.25, -0.2) is 0 Å². The van der Waals surface area contributed by atoms with Crippen molar-refractivity contribution in [3.63, 3.8) is 0 Å². The standard InChI is InChI=1S/C17H26ClNO2/c1-12(2)19-11-13-9-14(18)7-8-17(13)21-16-6-4-5-15(10-16)20-3/h7-9,12,15-16,19H,4-6,10-11H2,1-3H3. The highest BCUT2D eigenvalue weighted by atomic mass is 35.5. The van der Waals surface area contributed by atoms with Crippen molar-refractivity contribution in [2.24, 2.45) is 0 Å². The zero-order valence-electron chi connectivity index (χ0n) is 13.2. The van der Waals surface area contributed by atoms with Gasteiger partial charge >= 0.3 is 0 Å². The van der Waals surface area contributed by atoms with Gasteiger partial charge in [-0.05, 0) is 37.5 Å². The van der Waals surface area contributed by atoms with E-state index in [9.17, 15) is 0 Å². The first-order chi connectivity index (χ1) is 10.1. The number of benzene rings is 1. The van der Waals surface area contributed by atoms with Crippen LogP contribution in [0.25, 0.3) is 0 Å². The van der Waals surface area contributed by atoms with Crippen LogP contribution in [-0.2, 0) is 11.3 Å². The van der Waals surface area contributed by atoms with Crippen molar-refractivity contribution in [3.8, 4) is 5.75 Å². The molecule has 1 aromatic carbocycles. The van der Waals surface area contributed by atoms with Gasteiger partial charge in [0.2, 0.25) is 0 Å². The molecule has 3 nitrogen and oxygen atoms in total. The Labute approximate surface area is 133 Å². The molecule has 1 N–H and O–H groups in total. The highest BCUT2D eigenvalue weighted by Crippen LogP contribution is 2.29. The van der Waals surface area contributed by atoms with Crippen molar-refractivity contribution in [2.45, 2.75) is 64.3 Å². The van der Waals surface area contributed by atoms with Crippen LogP contribution in [0.15, 0.2) is 18.2 Å². The predicted octanol–water partition coefficient (Wildman–Crippen LogP) is 4.17. The van der Waals surface area contributed by atoms with Gasteiger partial charge in [0.25, 0.3) is 0 Å². The smallest absolute Gasteiger partial charge is 0.124 e. The minimum absolute atomic E-state index is 0.239. The Balaban J connectivity index is 2.04. The molecule has 2 atom stereocenters. The number of nitrogens with one attached hydrogen (secondary N) is 1. The molecule has 1 fully saturated rings. The third-order valence-corrected chi connectivity index (χ3v) is 4.16. The van der Waals surface area contributed by atoms with Crippen LogP contribution in [-0.4, -0.2) is 25.4 Å². The average molecular weight is 312 g/mol. The van der Waals surface area contributed by atoms with E-state index in [-0.39, 0.29) is 6.10 Å². The van der Waals surface area contributed by atoms with E-state index in [0.717, 1.165) is 48.6 Å². The summed E-state index contributed by atoms with van der Waals surface area (Å²) in [6, 6.07) is 6.30. The number of hydrogen-bond donors (Lipinski definition) is 1. The lowest BCUT2D eigenvalue weighted by atomic mass is 9.95. The van der Waals surface area contributed by atoms with Gasteiger partial charge in [0.05, 0.1) is 6.10 Å². The Bertz CT molecular complexity index is 450. The first-order valence-corrected chi connectivity index (χ1v) is 8.17. The molecule has 2 rings (SSSR count). The Kier molecular flexibility index (Phi) is 6.34. The van der Waals surface area contributed by atoms with Crippen LogP contribution >= 0.6 is 11.6 Å². The summed E-state index contributed by atoms with van der Waals surface area (Å²) in [6.45, 7) is 5.04. The fraction of sp³-hybridized carbons (Fsp3) is 0.647. The van der Waals surface area contributed by atoms with Crippen molar-refractivity contribution < 1.29 is 9.47 Å². The first kappa shape index (κ1) is 16.6. The van der Waals surface area contributed by atoms with Crippen LogP contribution in [0.2, 0.25) is 5.02 Å². The lowest BCUT2D eigenvalue weighted by molar-refractivity contribution is 0.0206. The number of hydrogen-bond acceptors (Lipinski definition) is 3. The average Bonchev–Trinajstić information content (AvgIpc) is 2.47. The van der Waals surface area contributed by atoms with E-state index in [2.05, 4.69) is 19.2 Å². The Morgan fingerprint density at radius 3 is 2.76 bits per heavy atom. The van der Waals surface area contributed by atoms with Gasteiger partial charge in [-0.1, -0.05) is 25.4 Å². The molecule has 0 aromatic heterocycles. The van der Waals surface area contributed by atoms with Crippen molar-refractivity contribution in [2.75, 3.05) is 7.11 Å². The second-order valence-corrected chi connectivity index (χ2v) is 6.49. The second-order valence-electron chi connectivity index (χ2n) is 6.05. The summed E-state index contributed by atoms with van der Waals surface area (Å²) in [5.41, 5.74) is 1.12. The van der Waals surface area contributed by atoms with Gasteiger partial charge in [-0.2, -0.15) is 0 Å². The Morgan fingerprint density at radius 2 is 2.05 bits per heavy atom. The SMILES string of the molecule is COC1CCCC(Oc2ccc(Cl)cc2CNC(C)C)C1. The molecule has 0 amide bonds. The Morgan fingerprint density at radius 1 is 1.29 bits per heavy atom. The predicted molar refractivity (Wildman–Crippen MR) is 87.1 cm³/mol. The molecule has 0 spiro atoms. The molecule has 1 aliphatic rings. The van der Waals surface area contributed by atoms with Gasteiger partial charge in [0.15, 0.2) is 0 Å².